The summed E-state index contributed by atoms with van der Waals surface area (Å²) in [6.07, 6.45) is 0.0697. The largest absolute Gasteiger partial charge is 0.456 e. The summed E-state index contributed by atoms with van der Waals surface area (Å²) in [5.41, 5.74) is 1.95. The second-order valence-electron chi connectivity index (χ2n) is 8.83. The molecule has 3 aromatic carbocycles. The van der Waals surface area contributed by atoms with E-state index < -0.39 is 46.2 Å². The summed E-state index contributed by atoms with van der Waals surface area (Å²) >= 11 is 0. The average Bonchev–Trinajstić information content (AvgIpc) is 2.89. The topological polar surface area (TPSA) is 122 Å². The van der Waals surface area contributed by atoms with Gasteiger partial charge in [-0.1, -0.05) is 24.3 Å². The molecular weight excluding hydrogens is 532 g/mol. The van der Waals surface area contributed by atoms with Gasteiger partial charge in [-0.15, -0.1) is 0 Å². The molecule has 2 N–H and O–H groups in total. The smallest absolute Gasteiger partial charge is 0.308 e. The summed E-state index contributed by atoms with van der Waals surface area (Å²) < 4.78 is 60.0. The van der Waals surface area contributed by atoms with Gasteiger partial charge < -0.3 is 15.4 Å². The van der Waals surface area contributed by atoms with Gasteiger partial charge >= 0.3 is 5.97 Å². The van der Waals surface area contributed by atoms with Crippen LogP contribution >= 0.6 is 0 Å². The van der Waals surface area contributed by atoms with Crippen molar-refractivity contribution in [2.45, 2.75) is 30.7 Å². The summed E-state index contributed by atoms with van der Waals surface area (Å²) in [6.45, 7) is 0.747. The van der Waals surface area contributed by atoms with Gasteiger partial charge in [-0.2, -0.15) is 4.31 Å². The van der Waals surface area contributed by atoms with Crippen molar-refractivity contribution >= 4 is 39.2 Å². The van der Waals surface area contributed by atoms with Gasteiger partial charge in [-0.25, -0.2) is 17.2 Å². The molecule has 1 aliphatic rings. The number of fused-ring (bicyclic) bond motifs is 1. The number of rotatable bonds is 8. The molecule has 4 rings (SSSR count). The number of halogens is 2. The van der Waals surface area contributed by atoms with Crippen LogP contribution in [0.1, 0.15) is 30.5 Å². The van der Waals surface area contributed by atoms with Crippen LogP contribution in [0, 0.1) is 11.6 Å². The van der Waals surface area contributed by atoms with Gasteiger partial charge in [0.05, 0.1) is 17.4 Å². The number of hydrogen-bond acceptors (Lipinski definition) is 6. The van der Waals surface area contributed by atoms with E-state index in [9.17, 15) is 31.6 Å². The number of anilines is 2. The van der Waals surface area contributed by atoms with Crippen LogP contribution in [0.5, 0.6) is 0 Å². The van der Waals surface area contributed by atoms with E-state index in [0.29, 0.717) is 17.7 Å². The summed E-state index contributed by atoms with van der Waals surface area (Å²) in [4.78, 5) is 36.2. The molecule has 1 unspecified atom stereocenters. The number of ether oxygens (including phenoxy) is 1. The van der Waals surface area contributed by atoms with Gasteiger partial charge in [-0.3, -0.25) is 14.4 Å². The Morgan fingerprint density at radius 2 is 1.64 bits per heavy atom. The first kappa shape index (κ1) is 27.9. The van der Waals surface area contributed by atoms with Crippen molar-refractivity contribution in [2.24, 2.45) is 0 Å². The third kappa shape index (κ3) is 6.65. The molecule has 3 aromatic rings. The SMILES string of the molecule is CC(=O)Nc1ccc(S(=O)(=O)N2CCc3ccccc3C2CC(=O)OCC(=O)Nc2ccc(F)c(F)c2)cc1. The molecule has 1 heterocycles. The minimum Gasteiger partial charge on any atom is -0.456 e. The maximum Gasteiger partial charge on any atom is 0.308 e. The van der Waals surface area contributed by atoms with Crippen molar-refractivity contribution in [3.05, 3.63) is 89.5 Å². The Morgan fingerprint density at radius 1 is 0.949 bits per heavy atom. The van der Waals surface area contributed by atoms with Gasteiger partial charge in [0.2, 0.25) is 15.9 Å². The lowest BCUT2D eigenvalue weighted by Gasteiger charge is -2.36. The zero-order valence-corrected chi connectivity index (χ0v) is 21.6. The Balaban J connectivity index is 1.49. The van der Waals surface area contributed by atoms with Gasteiger partial charge in [0, 0.05) is 30.9 Å². The molecule has 0 aromatic heterocycles. The number of carbonyl (C=O) groups excluding carboxylic acids is 3. The number of esters is 1. The average molecular weight is 558 g/mol. The number of nitrogens with one attached hydrogen (secondary N) is 2. The van der Waals surface area contributed by atoms with Crippen LogP contribution in [0.2, 0.25) is 0 Å². The fourth-order valence-electron chi connectivity index (χ4n) is 4.31. The molecule has 39 heavy (non-hydrogen) atoms. The molecule has 12 heteroatoms. The summed E-state index contributed by atoms with van der Waals surface area (Å²) in [5, 5.41) is 4.88. The van der Waals surface area contributed by atoms with E-state index >= 15 is 0 Å². The van der Waals surface area contributed by atoms with E-state index in [2.05, 4.69) is 10.6 Å². The van der Waals surface area contributed by atoms with E-state index in [-0.39, 0.29) is 29.5 Å². The zero-order chi connectivity index (χ0) is 28.2. The maximum atomic E-state index is 13.6. The number of nitrogens with zero attached hydrogens (tertiary/aromatic N) is 1. The lowest BCUT2D eigenvalue weighted by atomic mass is 9.92. The summed E-state index contributed by atoms with van der Waals surface area (Å²) in [7, 11) is -4.06. The lowest BCUT2D eigenvalue weighted by Crippen LogP contribution is -2.41. The minimum absolute atomic E-state index is 0.0136. The van der Waals surface area contributed by atoms with Gasteiger partial charge in [0.1, 0.15) is 0 Å². The zero-order valence-electron chi connectivity index (χ0n) is 20.8. The molecule has 1 aliphatic heterocycles. The fraction of sp³-hybridized carbons (Fsp3) is 0.222. The summed E-state index contributed by atoms with van der Waals surface area (Å²) in [5.74, 6) is -4.11. The number of amides is 2. The van der Waals surface area contributed by atoms with Crippen molar-refractivity contribution in [3.8, 4) is 0 Å². The Kier molecular flexibility index (Phi) is 8.36. The predicted octanol–water partition coefficient (Wildman–Crippen LogP) is 3.78. The molecule has 1 atom stereocenters. The van der Waals surface area contributed by atoms with Crippen LogP contribution in [0.25, 0.3) is 0 Å². The quantitative estimate of drug-likeness (QED) is 0.407. The summed E-state index contributed by atoms with van der Waals surface area (Å²) in [6, 6.07) is 14.8. The standard InChI is InChI=1S/C27H25F2N3O6S/c1-17(33)30-19-6-9-21(10-7-19)39(36,37)32-13-12-18-4-2-3-5-22(18)25(32)15-27(35)38-16-26(34)31-20-8-11-23(28)24(29)14-20/h2-11,14,25H,12-13,15-16H2,1H3,(H,30,33)(H,31,34). The second kappa shape index (κ2) is 11.7. The Bertz CT molecular complexity index is 1510. The second-order valence-corrected chi connectivity index (χ2v) is 10.7. The third-order valence-corrected chi connectivity index (χ3v) is 7.99. The minimum atomic E-state index is -4.06. The van der Waals surface area contributed by atoms with Gasteiger partial charge in [0.25, 0.3) is 5.91 Å². The predicted molar refractivity (Wildman–Crippen MR) is 138 cm³/mol. The molecule has 0 aliphatic carbocycles. The Morgan fingerprint density at radius 3 is 2.33 bits per heavy atom. The van der Waals surface area contributed by atoms with Crippen molar-refractivity contribution < 1.29 is 36.3 Å². The highest BCUT2D eigenvalue weighted by molar-refractivity contribution is 7.89. The van der Waals surface area contributed by atoms with Crippen molar-refractivity contribution in [3.63, 3.8) is 0 Å². The molecule has 9 nitrogen and oxygen atoms in total. The Labute approximate surface area is 223 Å². The molecule has 0 fully saturated rings. The van der Waals surface area contributed by atoms with Crippen molar-refractivity contribution in [2.75, 3.05) is 23.8 Å². The van der Waals surface area contributed by atoms with Crippen LogP contribution in [-0.4, -0.2) is 43.7 Å². The van der Waals surface area contributed by atoms with E-state index in [4.69, 9.17) is 4.74 Å². The lowest BCUT2D eigenvalue weighted by molar-refractivity contribution is -0.148. The molecular formula is C27H25F2N3O6S. The highest BCUT2D eigenvalue weighted by atomic mass is 32.2. The molecule has 0 radical (unpaired) electrons. The highest BCUT2D eigenvalue weighted by Gasteiger charge is 2.38. The van der Waals surface area contributed by atoms with Crippen LogP contribution in [-0.2, 0) is 35.6 Å². The van der Waals surface area contributed by atoms with E-state index in [0.717, 1.165) is 23.8 Å². The number of sulfonamides is 1. The molecule has 0 bridgehead atoms. The van der Waals surface area contributed by atoms with Crippen LogP contribution in [0.15, 0.2) is 71.6 Å². The monoisotopic (exact) mass is 557 g/mol. The van der Waals surface area contributed by atoms with E-state index in [1.54, 1.807) is 12.1 Å². The van der Waals surface area contributed by atoms with Crippen LogP contribution in [0.4, 0.5) is 20.2 Å². The van der Waals surface area contributed by atoms with Gasteiger partial charge in [0.15, 0.2) is 18.2 Å². The van der Waals surface area contributed by atoms with Gasteiger partial charge in [-0.05, 0) is 53.9 Å². The molecule has 0 saturated carbocycles. The number of carbonyl (C=O) groups is 3. The van der Waals surface area contributed by atoms with E-state index in [1.165, 1.54) is 35.5 Å². The van der Waals surface area contributed by atoms with Crippen molar-refractivity contribution in [1.82, 2.24) is 4.31 Å². The number of benzene rings is 3. The number of hydrogen-bond donors (Lipinski definition) is 2. The highest BCUT2D eigenvalue weighted by Crippen LogP contribution is 2.36. The molecule has 204 valence electrons. The van der Waals surface area contributed by atoms with E-state index in [1.807, 2.05) is 12.1 Å². The molecule has 2 amide bonds. The first-order chi connectivity index (χ1) is 18.5. The first-order valence-electron chi connectivity index (χ1n) is 11.9. The normalized spacial score (nSPS) is 15.2. The molecule has 0 saturated heterocycles. The third-order valence-electron chi connectivity index (χ3n) is 6.07. The van der Waals surface area contributed by atoms with Crippen molar-refractivity contribution in [1.29, 1.82) is 0 Å². The Hall–Kier alpha value is -4.16. The first-order valence-corrected chi connectivity index (χ1v) is 13.4. The molecule has 0 spiro atoms. The maximum absolute atomic E-state index is 13.6. The van der Waals surface area contributed by atoms with Crippen LogP contribution < -0.4 is 10.6 Å². The fourth-order valence-corrected chi connectivity index (χ4v) is 5.92. The van der Waals surface area contributed by atoms with Crippen LogP contribution in [0.3, 0.4) is 0 Å².